The van der Waals surface area contributed by atoms with Gasteiger partial charge in [-0.05, 0) is 48.1 Å². The highest BCUT2D eigenvalue weighted by atomic mass is 31.2. The number of carbonyl (C=O) groups is 1. The molecule has 0 atom stereocenters. The van der Waals surface area contributed by atoms with Crippen molar-refractivity contribution in [1.29, 1.82) is 0 Å². The molecule has 15 heteroatoms. The van der Waals surface area contributed by atoms with Gasteiger partial charge in [0.2, 0.25) is 5.43 Å². The van der Waals surface area contributed by atoms with Crippen molar-refractivity contribution in [2.75, 3.05) is 31.1 Å². The molecule has 0 bridgehead atoms. The third kappa shape index (κ3) is 5.70. The number of piperazine rings is 1. The first kappa shape index (κ1) is 30.6. The van der Waals surface area contributed by atoms with Crippen molar-refractivity contribution in [3.63, 3.8) is 0 Å². The van der Waals surface area contributed by atoms with E-state index in [1.165, 1.54) is 24.5 Å². The monoisotopic (exact) mass is 620 g/mol. The maximum atomic E-state index is 13.8. The Kier molecular flexibility index (Phi) is 8.23. The van der Waals surface area contributed by atoms with Crippen LogP contribution in [0.3, 0.4) is 0 Å². The van der Waals surface area contributed by atoms with Crippen LogP contribution in [0, 0.1) is 0 Å². The van der Waals surface area contributed by atoms with Crippen molar-refractivity contribution in [3.05, 3.63) is 69.8 Å². The summed E-state index contributed by atoms with van der Waals surface area (Å²) in [5.41, 5.74) is 1.16. The van der Waals surface area contributed by atoms with E-state index in [4.69, 9.17) is 4.74 Å². The van der Waals surface area contributed by atoms with Crippen molar-refractivity contribution in [2.24, 2.45) is 0 Å². The third-order valence-electron chi connectivity index (χ3n) is 7.74. The predicted octanol–water partition coefficient (Wildman–Crippen LogP) is 2.67. The van der Waals surface area contributed by atoms with Crippen LogP contribution in [0.25, 0.3) is 10.9 Å². The zero-order valence-corrected chi connectivity index (χ0v) is 25.0. The highest BCUT2D eigenvalue weighted by Crippen LogP contribution is 2.70. The van der Waals surface area contributed by atoms with Gasteiger partial charge in [0, 0.05) is 68.3 Å². The van der Waals surface area contributed by atoms with Crippen LogP contribution in [0.15, 0.2) is 47.7 Å². The molecule has 2 aliphatic rings. The van der Waals surface area contributed by atoms with E-state index in [1.54, 1.807) is 10.6 Å². The Balaban J connectivity index is 1.66. The topological polar surface area (TPSA) is 192 Å². The maximum Gasteiger partial charge on any atom is 0.381 e. The molecule has 0 radical (unpaired) electrons. The fourth-order valence-electron chi connectivity index (χ4n) is 5.35. The van der Waals surface area contributed by atoms with E-state index in [9.17, 15) is 38.3 Å². The van der Waals surface area contributed by atoms with Gasteiger partial charge in [-0.25, -0.2) is 4.79 Å². The quantitative estimate of drug-likeness (QED) is 0.174. The SMILES string of the molecule is CC(C)c1cc2c(=O)c(C(=O)OC(Cc3cccnc3)(P(=O)(O)O)P(=O)(O)O)cn(C3CC3)c2cc1N1CCNCC1. The number of pyridine rings is 2. The fraction of sp³-hybridized carbons (Fsp3) is 0.444. The molecule has 5 N–H and O–H groups in total. The Bertz CT molecular complexity index is 1630. The molecule has 0 amide bonds. The number of fused-ring (bicyclic) bond motifs is 1. The Morgan fingerprint density at radius 3 is 2.36 bits per heavy atom. The number of hydrogen-bond acceptors (Lipinski definition) is 8. The second-order valence-corrected chi connectivity index (χ2v) is 15.1. The largest absolute Gasteiger partial charge is 0.429 e. The lowest BCUT2D eigenvalue weighted by Crippen LogP contribution is -2.44. The molecule has 226 valence electrons. The summed E-state index contributed by atoms with van der Waals surface area (Å²) >= 11 is 0. The van der Waals surface area contributed by atoms with E-state index in [0.717, 1.165) is 56.5 Å². The summed E-state index contributed by atoms with van der Waals surface area (Å²) in [7, 11) is -11.7. The minimum Gasteiger partial charge on any atom is -0.429 e. The van der Waals surface area contributed by atoms with Gasteiger partial charge in [-0.2, -0.15) is 0 Å². The van der Waals surface area contributed by atoms with Gasteiger partial charge in [-0.15, -0.1) is 0 Å². The number of nitrogens with zero attached hydrogens (tertiary/aromatic N) is 3. The minimum absolute atomic E-state index is 0.00729. The van der Waals surface area contributed by atoms with Gasteiger partial charge in [0.1, 0.15) is 5.56 Å². The summed E-state index contributed by atoms with van der Waals surface area (Å²) < 4.78 is 32.2. The van der Waals surface area contributed by atoms with Gasteiger partial charge in [0.25, 0.3) is 0 Å². The standard InChI is InChI=1S/C27H34N4O9P2/c1-17(2)20-12-21-24(13-23(20)30-10-8-28-9-11-30)31(19-5-6-19)16-22(25(21)32)26(33)40-27(41(34,35)36,42(37,38)39)14-18-4-3-7-29-15-18/h3-4,7,12-13,15-17,19,28H,5-6,8-11,14H2,1-2H3,(H2,34,35,36)(H2,37,38,39). The summed E-state index contributed by atoms with van der Waals surface area (Å²) in [6.07, 6.45) is 4.33. The molecule has 3 heterocycles. The second-order valence-electron chi connectivity index (χ2n) is 11.1. The molecule has 13 nitrogen and oxygen atoms in total. The number of carbonyl (C=O) groups excluding carboxylic acids is 1. The molecule has 1 aliphatic carbocycles. The number of esters is 1. The Morgan fingerprint density at radius 2 is 1.81 bits per heavy atom. The lowest BCUT2D eigenvalue weighted by molar-refractivity contribution is 0.0237. The summed E-state index contributed by atoms with van der Waals surface area (Å²) in [6, 6.07) is 6.40. The van der Waals surface area contributed by atoms with Crippen LogP contribution in [-0.2, 0) is 20.3 Å². The van der Waals surface area contributed by atoms with Crippen molar-refractivity contribution in [1.82, 2.24) is 14.9 Å². The Hall–Kier alpha value is -2.89. The smallest absolute Gasteiger partial charge is 0.381 e. The molecular formula is C27H34N4O9P2. The van der Waals surface area contributed by atoms with Crippen LogP contribution in [0.5, 0.6) is 0 Å². The number of anilines is 1. The van der Waals surface area contributed by atoms with Gasteiger partial charge in [-0.3, -0.25) is 18.9 Å². The third-order valence-corrected chi connectivity index (χ3v) is 11.6. The number of rotatable bonds is 9. The van der Waals surface area contributed by atoms with Gasteiger partial charge in [0.15, 0.2) is 0 Å². The van der Waals surface area contributed by atoms with Crippen LogP contribution >= 0.6 is 15.2 Å². The summed E-state index contributed by atoms with van der Waals surface area (Å²) in [6.45, 7) is 7.19. The van der Waals surface area contributed by atoms with Crippen LogP contribution in [-0.4, -0.2) is 66.4 Å². The van der Waals surface area contributed by atoms with E-state index in [1.807, 2.05) is 19.9 Å². The first-order valence-corrected chi connectivity index (χ1v) is 16.9. The zero-order valence-electron chi connectivity index (χ0n) is 23.2. The van der Waals surface area contributed by atoms with E-state index >= 15 is 0 Å². The predicted molar refractivity (Wildman–Crippen MR) is 156 cm³/mol. The number of hydrogen-bond donors (Lipinski definition) is 5. The molecule has 1 saturated carbocycles. The van der Waals surface area contributed by atoms with Crippen LogP contribution in [0.4, 0.5) is 5.69 Å². The van der Waals surface area contributed by atoms with Crippen LogP contribution < -0.4 is 15.6 Å². The first-order chi connectivity index (χ1) is 19.7. The van der Waals surface area contributed by atoms with E-state index in [2.05, 4.69) is 15.2 Å². The van der Waals surface area contributed by atoms with Gasteiger partial charge in [0.05, 0.1) is 5.52 Å². The Labute approximate surface area is 241 Å². The van der Waals surface area contributed by atoms with E-state index in [0.29, 0.717) is 5.52 Å². The minimum atomic E-state index is -5.85. The molecular weight excluding hydrogens is 586 g/mol. The summed E-state index contributed by atoms with van der Waals surface area (Å²) in [5.74, 6) is -1.51. The van der Waals surface area contributed by atoms with Gasteiger partial charge < -0.3 is 39.1 Å². The first-order valence-electron chi connectivity index (χ1n) is 13.7. The van der Waals surface area contributed by atoms with Crippen molar-refractivity contribution >= 4 is 37.8 Å². The second kappa shape index (κ2) is 11.3. The molecule has 1 saturated heterocycles. The maximum absolute atomic E-state index is 13.8. The lowest BCUT2D eigenvalue weighted by atomic mass is 9.96. The average molecular weight is 621 g/mol. The molecule has 0 spiro atoms. The van der Waals surface area contributed by atoms with Gasteiger partial charge in [-0.1, -0.05) is 19.9 Å². The molecule has 0 unspecified atom stereocenters. The molecule has 2 aromatic heterocycles. The highest BCUT2D eigenvalue weighted by molar-refractivity contribution is 7.72. The summed E-state index contributed by atoms with van der Waals surface area (Å²) in [5, 5.41) is -0.0252. The molecule has 1 aromatic carbocycles. The average Bonchev–Trinajstić information content (AvgIpc) is 3.77. The normalized spacial score (nSPS) is 16.7. The molecule has 3 aromatic rings. The van der Waals surface area contributed by atoms with Crippen molar-refractivity contribution < 1.29 is 38.2 Å². The fourth-order valence-corrected chi connectivity index (χ4v) is 7.89. The Morgan fingerprint density at radius 1 is 1.14 bits per heavy atom. The lowest BCUT2D eigenvalue weighted by Gasteiger charge is -2.34. The van der Waals surface area contributed by atoms with Crippen molar-refractivity contribution in [3.8, 4) is 0 Å². The molecule has 2 fully saturated rings. The molecule has 42 heavy (non-hydrogen) atoms. The van der Waals surface area contributed by atoms with Crippen molar-refractivity contribution in [2.45, 2.75) is 50.2 Å². The van der Waals surface area contributed by atoms with E-state index in [-0.39, 0.29) is 22.9 Å². The van der Waals surface area contributed by atoms with Gasteiger partial charge >= 0.3 is 26.2 Å². The number of ether oxygens (including phenoxy) is 1. The van der Waals surface area contributed by atoms with E-state index < -0.39 is 43.7 Å². The number of benzene rings is 1. The zero-order chi connectivity index (χ0) is 30.4. The number of aromatic nitrogens is 2. The van der Waals surface area contributed by atoms with Crippen LogP contribution in [0.1, 0.15) is 60.1 Å². The molecule has 1 aliphatic heterocycles. The molecule has 5 rings (SSSR count). The number of nitrogens with one attached hydrogen (secondary N) is 1. The van der Waals surface area contributed by atoms with Crippen LogP contribution in [0.2, 0.25) is 0 Å². The highest BCUT2D eigenvalue weighted by Gasteiger charge is 2.64. The summed E-state index contributed by atoms with van der Waals surface area (Å²) in [4.78, 5) is 74.3.